The molecule has 3 nitrogen and oxygen atoms in total. The Morgan fingerprint density at radius 2 is 1.77 bits per heavy atom. The first kappa shape index (κ1) is 15.1. The Morgan fingerprint density at radius 3 is 2.45 bits per heavy atom. The highest BCUT2D eigenvalue weighted by Gasteiger charge is 2.31. The van der Waals surface area contributed by atoms with Gasteiger partial charge in [0.1, 0.15) is 10.8 Å². The van der Waals surface area contributed by atoms with Crippen molar-refractivity contribution in [1.29, 1.82) is 0 Å². The minimum atomic E-state index is -4.42. The first-order valence-corrected chi connectivity index (χ1v) is 6.89. The van der Waals surface area contributed by atoms with Crippen molar-refractivity contribution in [3.05, 3.63) is 46.1 Å². The average Bonchev–Trinajstić information content (AvgIpc) is 2.77. The number of benzene rings is 1. The van der Waals surface area contributed by atoms with Crippen molar-refractivity contribution in [2.24, 2.45) is 7.05 Å². The number of fused-ring (bicyclic) bond motifs is 1. The SMILES string of the molecule is Cn1c(-c2nc(Cl)ccc2Cl)nc2cc(C(F)(F)F)ccc21. The van der Waals surface area contributed by atoms with Crippen molar-refractivity contribution >= 4 is 34.2 Å². The summed E-state index contributed by atoms with van der Waals surface area (Å²) < 4.78 is 40.0. The smallest absolute Gasteiger partial charge is 0.326 e. The van der Waals surface area contributed by atoms with E-state index in [0.717, 1.165) is 12.1 Å². The largest absolute Gasteiger partial charge is 0.416 e. The number of aromatic nitrogens is 3. The summed E-state index contributed by atoms with van der Waals surface area (Å²) in [5.41, 5.74) is 0.322. The van der Waals surface area contributed by atoms with Gasteiger partial charge < -0.3 is 4.57 Å². The highest BCUT2D eigenvalue weighted by Crippen LogP contribution is 2.33. The molecule has 2 aromatic heterocycles. The van der Waals surface area contributed by atoms with E-state index in [1.807, 2.05) is 0 Å². The van der Waals surface area contributed by atoms with E-state index in [4.69, 9.17) is 23.2 Å². The van der Waals surface area contributed by atoms with Crippen molar-refractivity contribution in [2.75, 3.05) is 0 Å². The van der Waals surface area contributed by atoms with Crippen LogP contribution in [0.15, 0.2) is 30.3 Å². The Balaban J connectivity index is 2.24. The van der Waals surface area contributed by atoms with Gasteiger partial charge in [-0.2, -0.15) is 13.2 Å². The topological polar surface area (TPSA) is 30.7 Å². The van der Waals surface area contributed by atoms with Crippen LogP contribution < -0.4 is 0 Å². The lowest BCUT2D eigenvalue weighted by Crippen LogP contribution is -2.04. The van der Waals surface area contributed by atoms with E-state index in [1.54, 1.807) is 17.7 Å². The molecule has 0 aliphatic carbocycles. The van der Waals surface area contributed by atoms with E-state index >= 15 is 0 Å². The normalized spacial score (nSPS) is 12.1. The number of hydrogen-bond donors (Lipinski definition) is 0. The number of rotatable bonds is 1. The maximum Gasteiger partial charge on any atom is 0.416 e. The summed E-state index contributed by atoms with van der Waals surface area (Å²) in [7, 11) is 1.68. The molecule has 0 fully saturated rings. The second-order valence-electron chi connectivity index (χ2n) is 4.66. The van der Waals surface area contributed by atoms with Gasteiger partial charge >= 0.3 is 6.18 Å². The van der Waals surface area contributed by atoms with Crippen LogP contribution in [0.1, 0.15) is 5.56 Å². The fourth-order valence-electron chi connectivity index (χ4n) is 2.16. The molecule has 114 valence electrons. The monoisotopic (exact) mass is 345 g/mol. The average molecular weight is 346 g/mol. The number of nitrogens with zero attached hydrogens (tertiary/aromatic N) is 3. The molecule has 3 aromatic rings. The van der Waals surface area contributed by atoms with Gasteiger partial charge in [0.15, 0.2) is 5.82 Å². The van der Waals surface area contributed by atoms with Gasteiger partial charge in [-0.25, -0.2) is 9.97 Å². The van der Waals surface area contributed by atoms with Gasteiger partial charge in [-0.3, -0.25) is 0 Å². The zero-order chi connectivity index (χ0) is 16.1. The minimum absolute atomic E-state index is 0.213. The van der Waals surface area contributed by atoms with Gasteiger partial charge in [-0.15, -0.1) is 0 Å². The number of aryl methyl sites for hydroxylation is 1. The summed E-state index contributed by atoms with van der Waals surface area (Å²) in [6.45, 7) is 0. The zero-order valence-electron chi connectivity index (χ0n) is 11.1. The summed E-state index contributed by atoms with van der Waals surface area (Å²) in [5, 5.41) is 0.543. The Labute approximate surface area is 133 Å². The quantitative estimate of drug-likeness (QED) is 0.583. The molecule has 0 aliphatic rings. The third-order valence-corrected chi connectivity index (χ3v) is 3.75. The van der Waals surface area contributed by atoms with Gasteiger partial charge in [-0.05, 0) is 30.3 Å². The van der Waals surface area contributed by atoms with Crippen molar-refractivity contribution < 1.29 is 13.2 Å². The molecule has 0 radical (unpaired) electrons. The number of halogens is 5. The lowest BCUT2D eigenvalue weighted by Gasteiger charge is -2.06. The predicted octanol–water partition coefficient (Wildman–Crippen LogP) is 4.96. The fourth-order valence-corrected chi connectivity index (χ4v) is 2.50. The highest BCUT2D eigenvalue weighted by atomic mass is 35.5. The summed E-state index contributed by atoms with van der Waals surface area (Å²) >= 11 is 11.9. The Bertz CT molecular complexity index is 872. The lowest BCUT2D eigenvalue weighted by atomic mass is 10.2. The molecule has 0 spiro atoms. The van der Waals surface area contributed by atoms with Crippen molar-refractivity contribution in [2.45, 2.75) is 6.18 Å². The maximum atomic E-state index is 12.8. The van der Waals surface area contributed by atoms with Gasteiger partial charge in [0, 0.05) is 7.05 Å². The molecule has 22 heavy (non-hydrogen) atoms. The highest BCUT2D eigenvalue weighted by molar-refractivity contribution is 6.34. The molecule has 0 saturated heterocycles. The molecule has 8 heteroatoms. The lowest BCUT2D eigenvalue weighted by molar-refractivity contribution is -0.137. The van der Waals surface area contributed by atoms with E-state index in [2.05, 4.69) is 9.97 Å². The van der Waals surface area contributed by atoms with E-state index in [1.165, 1.54) is 12.1 Å². The molecule has 3 rings (SSSR count). The van der Waals surface area contributed by atoms with Gasteiger partial charge in [0.25, 0.3) is 0 Å². The molecule has 1 aromatic carbocycles. The molecule has 0 bridgehead atoms. The van der Waals surface area contributed by atoms with Crippen LogP contribution in [-0.4, -0.2) is 14.5 Å². The van der Waals surface area contributed by atoms with Crippen LogP contribution in [0, 0.1) is 0 Å². The molecule has 0 atom stereocenters. The van der Waals surface area contributed by atoms with Crippen LogP contribution in [0.25, 0.3) is 22.6 Å². The van der Waals surface area contributed by atoms with E-state index < -0.39 is 11.7 Å². The zero-order valence-corrected chi connectivity index (χ0v) is 12.6. The van der Waals surface area contributed by atoms with Gasteiger partial charge in [0.05, 0.1) is 21.6 Å². The number of alkyl halides is 3. The van der Waals surface area contributed by atoms with Crippen LogP contribution in [0.4, 0.5) is 13.2 Å². The van der Waals surface area contributed by atoms with Crippen molar-refractivity contribution in [1.82, 2.24) is 14.5 Å². The first-order valence-electron chi connectivity index (χ1n) is 6.13. The fraction of sp³-hybridized carbons (Fsp3) is 0.143. The molecule has 0 N–H and O–H groups in total. The molecule has 0 amide bonds. The maximum absolute atomic E-state index is 12.8. The number of pyridine rings is 1. The van der Waals surface area contributed by atoms with Crippen LogP contribution >= 0.6 is 23.2 Å². The number of hydrogen-bond acceptors (Lipinski definition) is 2. The first-order chi connectivity index (χ1) is 10.3. The van der Waals surface area contributed by atoms with Gasteiger partial charge in [-0.1, -0.05) is 23.2 Å². The summed E-state index contributed by atoms with van der Waals surface area (Å²) in [5.74, 6) is 0.349. The van der Waals surface area contributed by atoms with Crippen LogP contribution in [0.2, 0.25) is 10.2 Å². The van der Waals surface area contributed by atoms with Crippen LogP contribution in [0.3, 0.4) is 0 Å². The standard InChI is InChI=1S/C14H8Cl2F3N3/c1-22-10-4-2-7(14(17,18)19)6-9(10)20-13(22)12-8(15)3-5-11(16)21-12/h2-6H,1H3. The Hall–Kier alpha value is -1.79. The predicted molar refractivity (Wildman–Crippen MR) is 79.0 cm³/mol. The van der Waals surface area contributed by atoms with Crippen LogP contribution in [-0.2, 0) is 13.2 Å². The van der Waals surface area contributed by atoms with E-state index in [0.29, 0.717) is 22.1 Å². The summed E-state index contributed by atoms with van der Waals surface area (Å²) in [6, 6.07) is 6.47. The second kappa shape index (κ2) is 5.14. The second-order valence-corrected chi connectivity index (χ2v) is 5.45. The van der Waals surface area contributed by atoms with Crippen LogP contribution in [0.5, 0.6) is 0 Å². The molecule has 0 aliphatic heterocycles. The molecule has 0 saturated carbocycles. The molecular weight excluding hydrogens is 338 g/mol. The van der Waals surface area contributed by atoms with Gasteiger partial charge in [0.2, 0.25) is 0 Å². The van der Waals surface area contributed by atoms with Crippen molar-refractivity contribution in [3.63, 3.8) is 0 Å². The minimum Gasteiger partial charge on any atom is -0.326 e. The Kier molecular flexibility index (Phi) is 3.53. The molecule has 0 unspecified atom stereocenters. The van der Waals surface area contributed by atoms with E-state index in [9.17, 15) is 13.2 Å². The summed E-state index contributed by atoms with van der Waals surface area (Å²) in [4.78, 5) is 8.31. The molecular formula is C14H8Cl2F3N3. The summed E-state index contributed by atoms with van der Waals surface area (Å²) in [6.07, 6.45) is -4.42. The number of imidazole rings is 1. The Morgan fingerprint density at radius 1 is 1.05 bits per heavy atom. The van der Waals surface area contributed by atoms with E-state index in [-0.39, 0.29) is 10.7 Å². The third kappa shape index (κ3) is 2.53. The van der Waals surface area contributed by atoms with Crippen molar-refractivity contribution in [3.8, 4) is 11.5 Å². The molecule has 2 heterocycles. The third-order valence-electron chi connectivity index (χ3n) is 3.23.